The molecule has 0 aliphatic carbocycles. The highest BCUT2D eigenvalue weighted by Gasteiger charge is 2.60. The first-order valence-electron chi connectivity index (χ1n) is 3.50. The molecule has 0 amide bonds. The minimum atomic E-state index is -4.11. The van der Waals surface area contributed by atoms with E-state index in [-0.39, 0.29) is 20.8 Å². The van der Waals surface area contributed by atoms with E-state index in [0.29, 0.717) is 0 Å². The number of hydrogen-bond acceptors (Lipinski definition) is 0. The van der Waals surface area contributed by atoms with Crippen LogP contribution in [0.1, 0.15) is 20.8 Å². The van der Waals surface area contributed by atoms with Gasteiger partial charge >= 0.3 is 0 Å². The number of rotatable bonds is 3. The zero-order valence-corrected chi connectivity index (χ0v) is 7.35. The average molecular weight is 208 g/mol. The van der Waals surface area contributed by atoms with E-state index in [0.717, 1.165) is 0 Å². The molecule has 0 radical (unpaired) electrons. The molecule has 0 bridgehead atoms. The summed E-state index contributed by atoms with van der Waals surface area (Å²) in [6.45, 7) is 0.186. The summed E-state index contributed by atoms with van der Waals surface area (Å²) < 4.78 is 74.5. The largest absolute Gasteiger partial charge is 0.259 e. The van der Waals surface area contributed by atoms with Gasteiger partial charge in [0, 0.05) is 20.8 Å². The third kappa shape index (κ3) is 3.44. The van der Waals surface area contributed by atoms with Crippen molar-refractivity contribution in [3.05, 3.63) is 0 Å². The van der Waals surface area contributed by atoms with Crippen LogP contribution in [-0.4, -0.2) is 17.8 Å². The van der Waals surface area contributed by atoms with Gasteiger partial charge < -0.3 is 0 Å². The van der Waals surface area contributed by atoms with Crippen molar-refractivity contribution in [2.45, 2.75) is 38.5 Å². The zero-order chi connectivity index (χ0) is 11.1. The summed E-state index contributed by atoms with van der Waals surface area (Å²) in [5.74, 6) is -15.6. The van der Waals surface area contributed by atoms with E-state index in [9.17, 15) is 26.3 Å². The monoisotopic (exact) mass is 208 g/mol. The van der Waals surface area contributed by atoms with E-state index in [4.69, 9.17) is 0 Å². The molecule has 0 spiro atoms. The molecule has 0 atom stereocenters. The Labute approximate surface area is 71.9 Å². The van der Waals surface area contributed by atoms with E-state index < -0.39 is 23.7 Å². The second kappa shape index (κ2) is 3.06. The van der Waals surface area contributed by atoms with Gasteiger partial charge in [-0.1, -0.05) is 0 Å². The van der Waals surface area contributed by atoms with Crippen LogP contribution in [0.5, 0.6) is 0 Å². The topological polar surface area (TPSA) is 0 Å². The summed E-state index contributed by atoms with van der Waals surface area (Å²) in [4.78, 5) is 0. The molecule has 0 rings (SSSR count). The second-order valence-electron chi connectivity index (χ2n) is 3.30. The summed E-state index contributed by atoms with van der Waals surface area (Å²) in [6.07, 6.45) is 0. The van der Waals surface area contributed by atoms with Gasteiger partial charge in [0.2, 0.25) is 0 Å². The number of alkyl halides is 6. The number of hydrogen-bond donors (Lipinski definition) is 0. The van der Waals surface area contributed by atoms with Gasteiger partial charge in [-0.25, -0.2) is 26.3 Å². The lowest BCUT2D eigenvalue weighted by atomic mass is 9.90. The molecule has 0 aromatic carbocycles. The highest BCUT2D eigenvalue weighted by molar-refractivity contribution is 4.90. The van der Waals surface area contributed by atoms with Crippen molar-refractivity contribution in [3.63, 3.8) is 0 Å². The maximum Gasteiger partial charge on any atom is 0.259 e. The van der Waals surface area contributed by atoms with Crippen LogP contribution in [-0.2, 0) is 0 Å². The van der Waals surface area contributed by atoms with Crippen LogP contribution >= 0.6 is 0 Å². The third-order valence-electron chi connectivity index (χ3n) is 1.52. The van der Waals surface area contributed by atoms with Gasteiger partial charge in [0.1, 0.15) is 5.92 Å². The predicted molar refractivity (Wildman–Crippen MR) is 35.4 cm³/mol. The van der Waals surface area contributed by atoms with Crippen molar-refractivity contribution in [2.75, 3.05) is 0 Å². The van der Waals surface area contributed by atoms with Crippen LogP contribution in [0.3, 0.4) is 0 Å². The first-order chi connectivity index (χ1) is 5.37. The Hall–Kier alpha value is -0.420. The Morgan fingerprint density at radius 3 is 0.769 bits per heavy atom. The van der Waals surface area contributed by atoms with Gasteiger partial charge in [-0.3, -0.25) is 0 Å². The molecule has 0 saturated carbocycles. The third-order valence-corrected chi connectivity index (χ3v) is 1.52. The molecule has 0 heterocycles. The first kappa shape index (κ1) is 12.6. The summed E-state index contributed by atoms with van der Waals surface area (Å²) in [5, 5.41) is 0. The van der Waals surface area contributed by atoms with Gasteiger partial charge in [0.05, 0.1) is 0 Å². The average Bonchev–Trinajstić information content (AvgIpc) is 1.44. The van der Waals surface area contributed by atoms with Crippen LogP contribution in [0.15, 0.2) is 0 Å². The summed E-state index contributed by atoms with van der Waals surface area (Å²) in [5.41, 5.74) is 0. The highest BCUT2D eigenvalue weighted by Crippen LogP contribution is 2.45. The van der Waals surface area contributed by atoms with Gasteiger partial charge in [-0.15, -0.1) is 0 Å². The molecule has 80 valence electrons. The maximum atomic E-state index is 12.4. The fourth-order valence-corrected chi connectivity index (χ4v) is 1.34. The molecule has 0 aromatic rings. The van der Waals surface area contributed by atoms with Crippen molar-refractivity contribution in [3.8, 4) is 0 Å². The normalized spacial score (nSPS) is 15.2. The molecule has 0 aliphatic heterocycles. The molecule has 0 aliphatic rings. The summed E-state index contributed by atoms with van der Waals surface area (Å²) in [6, 6.07) is 0. The highest BCUT2D eigenvalue weighted by atomic mass is 19.3. The van der Waals surface area contributed by atoms with Crippen LogP contribution < -0.4 is 0 Å². The van der Waals surface area contributed by atoms with Crippen molar-refractivity contribution in [2.24, 2.45) is 5.92 Å². The smallest absolute Gasteiger partial charge is 0.206 e. The van der Waals surface area contributed by atoms with Gasteiger partial charge in [0.15, 0.2) is 0 Å². The Morgan fingerprint density at radius 2 is 0.769 bits per heavy atom. The van der Waals surface area contributed by atoms with E-state index in [1.165, 1.54) is 0 Å². The molecule has 0 aromatic heterocycles. The van der Waals surface area contributed by atoms with Gasteiger partial charge in [-0.05, 0) is 0 Å². The molecule has 0 unspecified atom stereocenters. The summed E-state index contributed by atoms with van der Waals surface area (Å²) >= 11 is 0. The van der Waals surface area contributed by atoms with E-state index in [2.05, 4.69) is 0 Å². The molecular weight excluding hydrogens is 198 g/mol. The van der Waals surface area contributed by atoms with Gasteiger partial charge in [0.25, 0.3) is 17.8 Å². The van der Waals surface area contributed by atoms with Gasteiger partial charge in [-0.2, -0.15) is 0 Å². The van der Waals surface area contributed by atoms with Crippen molar-refractivity contribution < 1.29 is 26.3 Å². The Balaban J connectivity index is 5.02. The van der Waals surface area contributed by atoms with Crippen molar-refractivity contribution in [1.82, 2.24) is 0 Å². The van der Waals surface area contributed by atoms with Crippen molar-refractivity contribution >= 4 is 0 Å². The lowest BCUT2D eigenvalue weighted by molar-refractivity contribution is -0.237. The van der Waals surface area contributed by atoms with Crippen LogP contribution in [0, 0.1) is 5.92 Å². The minimum absolute atomic E-state index is 0.0620. The SMILES string of the molecule is CC(F)(F)C(C(C)(F)F)C(C)(F)F. The Kier molecular flexibility index (Phi) is 2.96. The fraction of sp³-hybridized carbons (Fsp3) is 1.00. The zero-order valence-electron chi connectivity index (χ0n) is 7.35. The van der Waals surface area contributed by atoms with E-state index in [1.54, 1.807) is 0 Å². The Morgan fingerprint density at radius 1 is 0.615 bits per heavy atom. The molecule has 0 N–H and O–H groups in total. The second-order valence-corrected chi connectivity index (χ2v) is 3.30. The van der Waals surface area contributed by atoms with E-state index >= 15 is 0 Å². The number of halogens is 6. The van der Waals surface area contributed by atoms with Crippen LogP contribution in [0.4, 0.5) is 26.3 Å². The molecule has 6 heteroatoms. The Bertz CT molecular complexity index is 136. The van der Waals surface area contributed by atoms with Crippen molar-refractivity contribution in [1.29, 1.82) is 0 Å². The lowest BCUT2D eigenvalue weighted by Gasteiger charge is -2.32. The molecule has 0 nitrogen and oxygen atoms in total. The molecule has 0 saturated heterocycles. The standard InChI is InChI=1S/C7H10F6/c1-5(8,9)4(6(2,10)11)7(3,12)13/h4H,1-3H3. The molecular formula is C7H10F6. The first-order valence-corrected chi connectivity index (χ1v) is 3.50. The maximum absolute atomic E-state index is 12.4. The lowest BCUT2D eigenvalue weighted by Crippen LogP contribution is -2.48. The van der Waals surface area contributed by atoms with E-state index in [1.807, 2.05) is 0 Å². The fourth-order valence-electron chi connectivity index (χ4n) is 1.34. The van der Waals surface area contributed by atoms with Crippen LogP contribution in [0.25, 0.3) is 0 Å². The molecule has 13 heavy (non-hydrogen) atoms. The van der Waals surface area contributed by atoms with Crippen LogP contribution in [0.2, 0.25) is 0 Å². The minimum Gasteiger partial charge on any atom is -0.206 e. The summed E-state index contributed by atoms with van der Waals surface area (Å²) in [7, 11) is 0. The quantitative estimate of drug-likeness (QED) is 0.622. The predicted octanol–water partition coefficient (Wildman–Crippen LogP) is 3.57. The molecule has 0 fully saturated rings.